The number of hydrogen-bond acceptors (Lipinski definition) is 3. The molecule has 0 saturated heterocycles. The second-order valence-electron chi connectivity index (χ2n) is 6.38. The fourth-order valence-corrected chi connectivity index (χ4v) is 3.29. The molecule has 2 rings (SSSR count). The van der Waals surface area contributed by atoms with Crippen molar-refractivity contribution in [1.29, 1.82) is 0 Å². The molecule has 144 valence electrons. The Labute approximate surface area is 161 Å². The van der Waals surface area contributed by atoms with Crippen molar-refractivity contribution in [2.24, 2.45) is 0 Å². The lowest BCUT2D eigenvalue weighted by Crippen LogP contribution is -2.31. The van der Waals surface area contributed by atoms with Crippen LogP contribution in [0.2, 0.25) is 0 Å². The highest BCUT2D eigenvalue weighted by atomic mass is 32.2. The molecule has 2 N–H and O–H groups in total. The number of thioether (sulfide) groups is 1. The monoisotopic (exact) mass is 392 g/mol. The van der Waals surface area contributed by atoms with Gasteiger partial charge in [-0.2, -0.15) is 0 Å². The topological polar surface area (TPSA) is 58.2 Å². The summed E-state index contributed by atoms with van der Waals surface area (Å²) in [6.07, 6.45) is 0. The molecule has 0 aliphatic heterocycles. The maximum atomic E-state index is 13.4. The largest absolute Gasteiger partial charge is 0.353 e. The molecular formula is C20H22F2N2O2S. The van der Waals surface area contributed by atoms with Gasteiger partial charge >= 0.3 is 0 Å². The van der Waals surface area contributed by atoms with Crippen LogP contribution in [0.5, 0.6) is 0 Å². The van der Waals surface area contributed by atoms with Gasteiger partial charge < -0.3 is 10.6 Å². The van der Waals surface area contributed by atoms with Crippen molar-refractivity contribution < 1.29 is 18.4 Å². The van der Waals surface area contributed by atoms with Gasteiger partial charge in [0.1, 0.15) is 0 Å². The van der Waals surface area contributed by atoms with Gasteiger partial charge in [-0.15, -0.1) is 11.8 Å². The summed E-state index contributed by atoms with van der Waals surface area (Å²) < 4.78 is 26.5. The number of halogens is 2. The molecule has 1 atom stereocenters. The normalized spacial score (nSPS) is 11.9. The van der Waals surface area contributed by atoms with Gasteiger partial charge in [-0.05, 0) is 50.6 Å². The molecule has 0 aromatic heterocycles. The molecule has 0 aliphatic carbocycles. The van der Waals surface area contributed by atoms with Gasteiger partial charge in [0.2, 0.25) is 5.91 Å². The van der Waals surface area contributed by atoms with E-state index in [-0.39, 0.29) is 23.6 Å². The Balaban J connectivity index is 2.07. The van der Waals surface area contributed by atoms with Gasteiger partial charge in [-0.25, -0.2) is 8.78 Å². The van der Waals surface area contributed by atoms with Crippen LogP contribution in [0.3, 0.4) is 0 Å². The highest BCUT2D eigenvalue weighted by Gasteiger charge is 2.17. The zero-order chi connectivity index (χ0) is 20.0. The van der Waals surface area contributed by atoms with Crippen LogP contribution in [0.15, 0.2) is 47.4 Å². The van der Waals surface area contributed by atoms with Gasteiger partial charge in [0.05, 0.1) is 17.4 Å². The van der Waals surface area contributed by atoms with Crippen LogP contribution in [0.4, 0.5) is 8.78 Å². The van der Waals surface area contributed by atoms with Gasteiger partial charge in [-0.1, -0.05) is 18.2 Å². The Morgan fingerprint density at radius 2 is 1.70 bits per heavy atom. The highest BCUT2D eigenvalue weighted by Crippen LogP contribution is 2.24. The van der Waals surface area contributed by atoms with Crippen LogP contribution in [0.1, 0.15) is 42.7 Å². The lowest BCUT2D eigenvalue weighted by atomic mass is 10.1. The van der Waals surface area contributed by atoms with Crippen LogP contribution >= 0.6 is 11.8 Å². The van der Waals surface area contributed by atoms with E-state index in [0.29, 0.717) is 16.0 Å². The van der Waals surface area contributed by atoms with Gasteiger partial charge in [-0.3, -0.25) is 9.59 Å². The number of carbonyl (C=O) groups is 2. The highest BCUT2D eigenvalue weighted by molar-refractivity contribution is 8.00. The van der Waals surface area contributed by atoms with E-state index in [1.807, 2.05) is 13.8 Å². The Morgan fingerprint density at radius 3 is 2.37 bits per heavy atom. The minimum atomic E-state index is -0.958. The lowest BCUT2D eigenvalue weighted by molar-refractivity contribution is -0.119. The fraction of sp³-hybridized carbons (Fsp3) is 0.300. The maximum Gasteiger partial charge on any atom is 0.252 e. The molecule has 1 unspecified atom stereocenters. The third-order valence-electron chi connectivity index (χ3n) is 3.73. The predicted molar refractivity (Wildman–Crippen MR) is 103 cm³/mol. The summed E-state index contributed by atoms with van der Waals surface area (Å²) in [4.78, 5) is 25.1. The Hall–Kier alpha value is -2.41. The first-order valence-electron chi connectivity index (χ1n) is 8.55. The van der Waals surface area contributed by atoms with E-state index in [2.05, 4.69) is 10.6 Å². The van der Waals surface area contributed by atoms with Crippen LogP contribution in [0, 0.1) is 11.6 Å². The average Bonchev–Trinajstić information content (AvgIpc) is 2.61. The third-order valence-corrected chi connectivity index (χ3v) is 4.80. The summed E-state index contributed by atoms with van der Waals surface area (Å²) in [5.41, 5.74) is 0.887. The number of rotatable bonds is 7. The zero-order valence-electron chi connectivity index (χ0n) is 15.4. The third kappa shape index (κ3) is 6.06. The minimum absolute atomic E-state index is 0.0496. The van der Waals surface area contributed by atoms with E-state index >= 15 is 0 Å². The lowest BCUT2D eigenvalue weighted by Gasteiger charge is -2.16. The standard InChI is InChI=1S/C20H22F2N2O2S/c1-12(2)23-19(25)11-27-18-7-5-4-6-15(18)20(26)24-13(3)14-8-9-16(21)17(22)10-14/h4-10,12-13H,11H2,1-3H3,(H,23,25)(H,24,26). The number of carbonyl (C=O) groups excluding carboxylic acids is 2. The number of hydrogen-bond donors (Lipinski definition) is 2. The van der Waals surface area contributed by atoms with Crippen LogP contribution < -0.4 is 10.6 Å². The SMILES string of the molecule is CC(C)NC(=O)CSc1ccccc1C(=O)NC(C)c1ccc(F)c(F)c1. The molecule has 0 fully saturated rings. The van der Waals surface area contributed by atoms with Crippen LogP contribution in [-0.4, -0.2) is 23.6 Å². The Kier molecular flexibility index (Phi) is 7.36. The molecule has 2 aromatic rings. The summed E-state index contributed by atoms with van der Waals surface area (Å²) in [6.45, 7) is 5.45. The first-order valence-corrected chi connectivity index (χ1v) is 9.53. The molecule has 0 spiro atoms. The van der Waals surface area contributed by atoms with Crippen molar-refractivity contribution >= 4 is 23.6 Å². The second-order valence-corrected chi connectivity index (χ2v) is 7.39. The number of amides is 2. The molecule has 4 nitrogen and oxygen atoms in total. The number of benzene rings is 2. The first kappa shape index (κ1) is 20.9. The quantitative estimate of drug-likeness (QED) is 0.699. The van der Waals surface area contributed by atoms with E-state index in [1.54, 1.807) is 31.2 Å². The predicted octanol–water partition coefficient (Wildman–Crippen LogP) is 4.07. The van der Waals surface area contributed by atoms with E-state index in [4.69, 9.17) is 0 Å². The van der Waals surface area contributed by atoms with Crippen molar-refractivity contribution in [2.75, 3.05) is 5.75 Å². The van der Waals surface area contributed by atoms with E-state index < -0.39 is 17.7 Å². The first-order chi connectivity index (χ1) is 12.8. The summed E-state index contributed by atoms with van der Waals surface area (Å²) in [5, 5.41) is 5.58. The average molecular weight is 392 g/mol. The van der Waals surface area contributed by atoms with Crippen molar-refractivity contribution in [3.63, 3.8) is 0 Å². The van der Waals surface area contributed by atoms with E-state index in [0.717, 1.165) is 12.1 Å². The van der Waals surface area contributed by atoms with E-state index in [9.17, 15) is 18.4 Å². The zero-order valence-corrected chi connectivity index (χ0v) is 16.2. The molecule has 0 bridgehead atoms. The maximum absolute atomic E-state index is 13.4. The Morgan fingerprint density at radius 1 is 1.00 bits per heavy atom. The summed E-state index contributed by atoms with van der Waals surface area (Å²) in [7, 11) is 0. The molecule has 2 aromatic carbocycles. The van der Waals surface area contributed by atoms with Gasteiger partial charge in [0.15, 0.2) is 11.6 Å². The summed E-state index contributed by atoms with van der Waals surface area (Å²) >= 11 is 1.27. The fourth-order valence-electron chi connectivity index (χ4n) is 2.43. The molecule has 0 radical (unpaired) electrons. The molecular weight excluding hydrogens is 370 g/mol. The van der Waals surface area contributed by atoms with Crippen molar-refractivity contribution in [2.45, 2.75) is 37.8 Å². The van der Waals surface area contributed by atoms with Crippen LogP contribution in [-0.2, 0) is 4.79 Å². The van der Waals surface area contributed by atoms with E-state index in [1.165, 1.54) is 17.8 Å². The second kappa shape index (κ2) is 9.50. The molecule has 7 heteroatoms. The molecule has 0 aliphatic rings. The molecule has 2 amide bonds. The molecule has 27 heavy (non-hydrogen) atoms. The van der Waals surface area contributed by atoms with Crippen molar-refractivity contribution in [3.05, 3.63) is 65.2 Å². The van der Waals surface area contributed by atoms with Crippen molar-refractivity contribution in [1.82, 2.24) is 10.6 Å². The smallest absolute Gasteiger partial charge is 0.252 e. The van der Waals surface area contributed by atoms with Gasteiger partial charge in [0.25, 0.3) is 5.91 Å². The summed E-state index contributed by atoms with van der Waals surface area (Å²) in [6, 6.07) is 10.0. The summed E-state index contributed by atoms with van der Waals surface area (Å²) in [5.74, 6) is -2.15. The minimum Gasteiger partial charge on any atom is -0.353 e. The van der Waals surface area contributed by atoms with Crippen molar-refractivity contribution in [3.8, 4) is 0 Å². The number of nitrogens with one attached hydrogen (secondary N) is 2. The molecule has 0 heterocycles. The Bertz CT molecular complexity index is 827. The van der Waals surface area contributed by atoms with Gasteiger partial charge in [0, 0.05) is 10.9 Å². The van der Waals surface area contributed by atoms with Crippen LogP contribution in [0.25, 0.3) is 0 Å². The molecule has 0 saturated carbocycles.